The van der Waals surface area contributed by atoms with Crippen molar-refractivity contribution in [3.63, 3.8) is 0 Å². The lowest BCUT2D eigenvalue weighted by atomic mass is 9.65. The molecule has 1 nitrogen and oxygen atoms in total. The van der Waals surface area contributed by atoms with Crippen LogP contribution in [-0.2, 0) is 16.2 Å². The molecule has 0 saturated heterocycles. The third-order valence-electron chi connectivity index (χ3n) is 3.75. The van der Waals surface area contributed by atoms with Gasteiger partial charge in [0.25, 0.3) is 0 Å². The van der Waals surface area contributed by atoms with Crippen molar-refractivity contribution < 1.29 is 4.21 Å². The van der Waals surface area contributed by atoms with E-state index in [2.05, 4.69) is 40.7 Å². The first-order chi connectivity index (χ1) is 7.18. The Bertz CT molecular complexity index is 399. The molecule has 0 amide bonds. The van der Waals surface area contributed by atoms with Gasteiger partial charge in [-0.1, -0.05) is 52.8 Å². The fraction of sp³-hybridized carbons (Fsp3) is 0.571. The van der Waals surface area contributed by atoms with E-state index in [1.165, 1.54) is 5.56 Å². The minimum Gasteiger partial charge on any atom is -0.255 e. The average molecular weight is 238 g/mol. The third-order valence-corrected chi connectivity index (χ3v) is 4.72. The third kappa shape index (κ3) is 2.37. The van der Waals surface area contributed by atoms with E-state index in [4.69, 9.17) is 0 Å². The Balaban J connectivity index is 3.39. The van der Waals surface area contributed by atoms with Crippen LogP contribution in [0, 0.1) is 5.41 Å². The molecular weight excluding hydrogens is 216 g/mol. The van der Waals surface area contributed by atoms with Gasteiger partial charge in [-0.05, 0) is 22.5 Å². The number of rotatable bonds is 2. The zero-order chi connectivity index (χ0) is 12.6. The highest BCUT2D eigenvalue weighted by molar-refractivity contribution is 7.84. The van der Waals surface area contributed by atoms with E-state index < -0.39 is 10.8 Å². The molecule has 1 aromatic rings. The van der Waals surface area contributed by atoms with Crippen LogP contribution < -0.4 is 0 Å². The van der Waals surface area contributed by atoms with Crippen LogP contribution in [0.15, 0.2) is 29.2 Å². The predicted octanol–water partition coefficient (Wildman–Crippen LogP) is 3.75. The second-order valence-corrected chi connectivity index (χ2v) is 7.17. The first-order valence-electron chi connectivity index (χ1n) is 5.61. The topological polar surface area (TPSA) is 17.1 Å². The monoisotopic (exact) mass is 238 g/mol. The summed E-state index contributed by atoms with van der Waals surface area (Å²) < 4.78 is 11.8. The van der Waals surface area contributed by atoms with Crippen molar-refractivity contribution in [3.8, 4) is 0 Å². The van der Waals surface area contributed by atoms with E-state index in [1.54, 1.807) is 6.26 Å². The van der Waals surface area contributed by atoms with Crippen LogP contribution in [0.3, 0.4) is 0 Å². The maximum absolute atomic E-state index is 11.8. The minimum atomic E-state index is -0.922. The predicted molar refractivity (Wildman–Crippen MR) is 71.3 cm³/mol. The van der Waals surface area contributed by atoms with Crippen LogP contribution in [0.25, 0.3) is 0 Å². The Morgan fingerprint density at radius 2 is 1.50 bits per heavy atom. The highest BCUT2D eigenvalue weighted by Gasteiger charge is 2.36. The molecule has 0 N–H and O–H groups in total. The van der Waals surface area contributed by atoms with Crippen molar-refractivity contribution in [2.45, 2.75) is 44.9 Å². The van der Waals surface area contributed by atoms with Crippen molar-refractivity contribution in [3.05, 3.63) is 29.8 Å². The maximum Gasteiger partial charge on any atom is 0.0501 e. The van der Waals surface area contributed by atoms with Crippen molar-refractivity contribution in [2.75, 3.05) is 6.26 Å². The SMILES string of the molecule is CS(=O)c1ccccc1C(C)(C)C(C)(C)C. The minimum absolute atomic E-state index is 0.00919. The van der Waals surface area contributed by atoms with Gasteiger partial charge >= 0.3 is 0 Å². The van der Waals surface area contributed by atoms with Gasteiger partial charge in [0.1, 0.15) is 0 Å². The molecule has 1 unspecified atom stereocenters. The van der Waals surface area contributed by atoms with Gasteiger partial charge in [-0.3, -0.25) is 4.21 Å². The molecule has 0 aliphatic heterocycles. The second kappa shape index (κ2) is 4.33. The number of benzene rings is 1. The van der Waals surface area contributed by atoms with Crippen LogP contribution in [0.2, 0.25) is 0 Å². The smallest absolute Gasteiger partial charge is 0.0501 e. The lowest BCUT2D eigenvalue weighted by Gasteiger charge is -2.40. The summed E-state index contributed by atoms with van der Waals surface area (Å²) in [6, 6.07) is 8.05. The van der Waals surface area contributed by atoms with Crippen LogP contribution in [0.5, 0.6) is 0 Å². The second-order valence-electron chi connectivity index (χ2n) is 5.83. The van der Waals surface area contributed by atoms with Crippen molar-refractivity contribution in [1.29, 1.82) is 0 Å². The van der Waals surface area contributed by atoms with E-state index in [-0.39, 0.29) is 10.8 Å². The summed E-state index contributed by atoms with van der Waals surface area (Å²) in [7, 11) is -0.922. The Morgan fingerprint density at radius 3 is 1.94 bits per heavy atom. The molecule has 1 aromatic carbocycles. The molecule has 0 radical (unpaired) electrons. The standard InChI is InChI=1S/C14H22OS/c1-13(2,3)14(4,5)11-9-7-8-10-12(11)16(6)15/h7-10H,1-6H3. The molecule has 1 rings (SSSR count). The average Bonchev–Trinajstić information content (AvgIpc) is 2.16. The number of hydrogen-bond donors (Lipinski definition) is 0. The van der Waals surface area contributed by atoms with Gasteiger partial charge in [0.05, 0.1) is 10.8 Å². The van der Waals surface area contributed by atoms with Gasteiger partial charge < -0.3 is 0 Å². The Morgan fingerprint density at radius 1 is 1.00 bits per heavy atom. The molecule has 1 atom stereocenters. The van der Waals surface area contributed by atoms with Gasteiger partial charge in [-0.25, -0.2) is 0 Å². The molecule has 16 heavy (non-hydrogen) atoms. The molecule has 0 aliphatic rings. The van der Waals surface area contributed by atoms with Crippen LogP contribution in [0.1, 0.15) is 40.2 Å². The summed E-state index contributed by atoms with van der Waals surface area (Å²) in [5, 5.41) is 0. The van der Waals surface area contributed by atoms with Crippen molar-refractivity contribution in [1.82, 2.24) is 0 Å². The molecule has 0 aromatic heterocycles. The molecule has 0 bridgehead atoms. The molecule has 0 saturated carbocycles. The summed E-state index contributed by atoms with van der Waals surface area (Å²) in [5.74, 6) is 0. The fourth-order valence-electron chi connectivity index (χ4n) is 1.64. The summed E-state index contributed by atoms with van der Waals surface area (Å²) in [6.45, 7) is 11.1. The molecule has 0 heterocycles. The Kier molecular flexibility index (Phi) is 3.63. The van der Waals surface area contributed by atoms with Gasteiger partial charge in [0.15, 0.2) is 0 Å². The van der Waals surface area contributed by atoms with Crippen molar-refractivity contribution in [2.24, 2.45) is 5.41 Å². The van der Waals surface area contributed by atoms with Crippen LogP contribution in [-0.4, -0.2) is 10.5 Å². The first-order valence-corrected chi connectivity index (χ1v) is 7.16. The van der Waals surface area contributed by atoms with E-state index >= 15 is 0 Å². The normalized spacial score (nSPS) is 14.9. The summed E-state index contributed by atoms with van der Waals surface area (Å²) in [5.41, 5.74) is 1.35. The highest BCUT2D eigenvalue weighted by atomic mass is 32.2. The summed E-state index contributed by atoms with van der Waals surface area (Å²) in [6.07, 6.45) is 1.75. The Hall–Kier alpha value is -0.630. The largest absolute Gasteiger partial charge is 0.255 e. The van der Waals surface area contributed by atoms with E-state index in [9.17, 15) is 4.21 Å². The molecule has 0 spiro atoms. The molecular formula is C14H22OS. The number of hydrogen-bond acceptors (Lipinski definition) is 1. The van der Waals surface area contributed by atoms with Crippen LogP contribution >= 0.6 is 0 Å². The summed E-state index contributed by atoms with van der Waals surface area (Å²) in [4.78, 5) is 0.961. The lowest BCUT2D eigenvalue weighted by Crippen LogP contribution is -2.34. The quantitative estimate of drug-likeness (QED) is 0.767. The van der Waals surface area contributed by atoms with Gasteiger partial charge in [0, 0.05) is 11.2 Å². The first kappa shape index (κ1) is 13.4. The van der Waals surface area contributed by atoms with Crippen LogP contribution in [0.4, 0.5) is 0 Å². The highest BCUT2D eigenvalue weighted by Crippen LogP contribution is 2.42. The van der Waals surface area contributed by atoms with Crippen molar-refractivity contribution >= 4 is 10.8 Å². The zero-order valence-electron chi connectivity index (χ0n) is 11.1. The van der Waals surface area contributed by atoms with E-state index in [0.29, 0.717) is 0 Å². The van der Waals surface area contributed by atoms with E-state index in [1.807, 2.05) is 18.2 Å². The van der Waals surface area contributed by atoms with Gasteiger partial charge in [-0.15, -0.1) is 0 Å². The lowest BCUT2D eigenvalue weighted by molar-refractivity contribution is 0.222. The zero-order valence-corrected chi connectivity index (χ0v) is 11.9. The summed E-state index contributed by atoms with van der Waals surface area (Å²) >= 11 is 0. The fourth-order valence-corrected chi connectivity index (χ4v) is 2.54. The molecule has 0 fully saturated rings. The molecule has 0 aliphatic carbocycles. The molecule has 2 heteroatoms. The molecule has 90 valence electrons. The Labute approximate surface area is 102 Å². The van der Waals surface area contributed by atoms with Gasteiger partial charge in [-0.2, -0.15) is 0 Å². The van der Waals surface area contributed by atoms with Gasteiger partial charge in [0.2, 0.25) is 0 Å². The van der Waals surface area contributed by atoms with E-state index in [0.717, 1.165) is 4.90 Å². The maximum atomic E-state index is 11.8.